The Hall–Kier alpha value is -1.79. The van der Waals surface area contributed by atoms with Crippen LogP contribution in [0.1, 0.15) is 17.0 Å². The number of nitrogens with zero attached hydrogens (tertiary/aromatic N) is 1. The van der Waals surface area contributed by atoms with E-state index in [0.717, 1.165) is 18.7 Å². The lowest BCUT2D eigenvalue weighted by molar-refractivity contribution is -0.117. The predicted molar refractivity (Wildman–Crippen MR) is 117 cm³/mol. The zero-order valence-corrected chi connectivity index (χ0v) is 17.7. The second-order valence-corrected chi connectivity index (χ2v) is 7.46. The van der Waals surface area contributed by atoms with Gasteiger partial charge in [-0.15, -0.1) is 12.4 Å². The van der Waals surface area contributed by atoms with Gasteiger partial charge in [0.15, 0.2) is 0 Å². The summed E-state index contributed by atoms with van der Waals surface area (Å²) >= 11 is 6.13. The molecule has 152 valence electrons. The van der Waals surface area contributed by atoms with Gasteiger partial charge in [-0.2, -0.15) is 0 Å². The molecule has 0 aromatic heterocycles. The summed E-state index contributed by atoms with van der Waals surface area (Å²) in [4.78, 5) is 14.8. The molecule has 0 aliphatic carbocycles. The molecule has 2 aromatic rings. The molecule has 2 aromatic carbocycles. The molecule has 0 unspecified atom stereocenters. The maximum absolute atomic E-state index is 12.6. The molecule has 1 aliphatic heterocycles. The van der Waals surface area contributed by atoms with E-state index in [1.165, 1.54) is 5.56 Å². The first-order valence-electron chi connectivity index (χ1n) is 9.13. The molecule has 0 saturated carbocycles. The molecule has 1 amide bonds. The van der Waals surface area contributed by atoms with Gasteiger partial charge in [0.05, 0.1) is 19.3 Å². The Kier molecular flexibility index (Phi) is 8.13. The third kappa shape index (κ3) is 5.17. The number of rotatable bonds is 6. The number of aryl methyl sites for hydroxylation is 1. The standard InChI is InChI=1S/C21H26ClN3O2.ClH/c1-14-8-19(20(27-2)9-18(14)22)24-21(26)13-25-11-16(10-23)17(12-25)15-6-4-3-5-7-15;/h3-9,16-17H,10-13,23H2,1-2H3,(H,24,26);1H/t16-,17+;/m1./s1. The number of likely N-dealkylation sites (tertiary alicyclic amines) is 1. The monoisotopic (exact) mass is 423 g/mol. The van der Waals surface area contributed by atoms with Crippen LogP contribution in [0.15, 0.2) is 42.5 Å². The molecule has 1 saturated heterocycles. The quantitative estimate of drug-likeness (QED) is 0.742. The third-order valence-corrected chi connectivity index (χ3v) is 5.58. The minimum Gasteiger partial charge on any atom is -0.495 e. The lowest BCUT2D eigenvalue weighted by Gasteiger charge is -2.17. The minimum atomic E-state index is -0.0699. The first-order chi connectivity index (χ1) is 13.0. The molecule has 5 nitrogen and oxygen atoms in total. The van der Waals surface area contributed by atoms with E-state index in [2.05, 4.69) is 22.3 Å². The molecular formula is C21H27Cl2N3O2. The number of benzene rings is 2. The maximum Gasteiger partial charge on any atom is 0.238 e. The van der Waals surface area contributed by atoms with Crippen molar-refractivity contribution in [3.63, 3.8) is 0 Å². The van der Waals surface area contributed by atoms with E-state index in [4.69, 9.17) is 22.1 Å². The highest BCUT2D eigenvalue weighted by molar-refractivity contribution is 6.31. The van der Waals surface area contributed by atoms with E-state index in [1.807, 2.05) is 31.2 Å². The van der Waals surface area contributed by atoms with E-state index in [-0.39, 0.29) is 18.3 Å². The first kappa shape index (κ1) is 22.5. The van der Waals surface area contributed by atoms with Gasteiger partial charge in [-0.25, -0.2) is 0 Å². The summed E-state index contributed by atoms with van der Waals surface area (Å²) < 4.78 is 5.33. The number of methoxy groups -OCH3 is 1. The van der Waals surface area contributed by atoms with E-state index in [0.29, 0.717) is 41.4 Å². The van der Waals surface area contributed by atoms with Gasteiger partial charge in [0.1, 0.15) is 5.75 Å². The number of hydrogen-bond donors (Lipinski definition) is 2. The summed E-state index contributed by atoms with van der Waals surface area (Å²) in [6, 6.07) is 13.9. The SMILES string of the molecule is COc1cc(Cl)c(C)cc1NC(=O)CN1C[C@@H](CN)[C@H](c2ccccc2)C1.Cl. The fourth-order valence-corrected chi connectivity index (χ4v) is 3.88. The lowest BCUT2D eigenvalue weighted by atomic mass is 9.89. The molecule has 3 rings (SSSR count). The van der Waals surface area contributed by atoms with Crippen molar-refractivity contribution in [2.75, 3.05) is 38.6 Å². The van der Waals surface area contributed by atoms with Crippen molar-refractivity contribution in [1.29, 1.82) is 0 Å². The van der Waals surface area contributed by atoms with Crippen LogP contribution in [0.3, 0.4) is 0 Å². The molecule has 0 bridgehead atoms. The summed E-state index contributed by atoms with van der Waals surface area (Å²) in [6.45, 7) is 4.48. The van der Waals surface area contributed by atoms with Gasteiger partial charge >= 0.3 is 0 Å². The highest BCUT2D eigenvalue weighted by Crippen LogP contribution is 2.33. The summed E-state index contributed by atoms with van der Waals surface area (Å²) in [6.07, 6.45) is 0. The van der Waals surface area contributed by atoms with Crippen LogP contribution in [0, 0.1) is 12.8 Å². The number of ether oxygens (including phenoxy) is 1. The van der Waals surface area contributed by atoms with E-state index in [1.54, 1.807) is 13.2 Å². The molecule has 7 heteroatoms. The molecule has 1 aliphatic rings. The summed E-state index contributed by atoms with van der Waals surface area (Å²) in [5.41, 5.74) is 8.80. The fourth-order valence-electron chi connectivity index (χ4n) is 3.73. The number of nitrogens with two attached hydrogens (primary N) is 1. The second kappa shape index (κ2) is 10.1. The Labute approximate surface area is 177 Å². The third-order valence-electron chi connectivity index (χ3n) is 5.17. The topological polar surface area (TPSA) is 67.6 Å². The predicted octanol–water partition coefficient (Wildman–Crippen LogP) is 3.69. The number of nitrogens with one attached hydrogen (secondary N) is 1. The molecule has 0 spiro atoms. The number of hydrogen-bond acceptors (Lipinski definition) is 4. The van der Waals surface area contributed by atoms with Crippen LogP contribution in [0.2, 0.25) is 5.02 Å². The smallest absolute Gasteiger partial charge is 0.238 e. The summed E-state index contributed by atoms with van der Waals surface area (Å²) in [5.74, 6) is 1.20. The van der Waals surface area contributed by atoms with Crippen molar-refractivity contribution in [2.24, 2.45) is 11.7 Å². The van der Waals surface area contributed by atoms with Crippen LogP contribution in [0.5, 0.6) is 5.75 Å². The van der Waals surface area contributed by atoms with Crippen LogP contribution >= 0.6 is 24.0 Å². The highest BCUT2D eigenvalue weighted by Gasteiger charge is 2.33. The number of amides is 1. The van der Waals surface area contributed by atoms with Crippen molar-refractivity contribution in [3.8, 4) is 5.75 Å². The van der Waals surface area contributed by atoms with Gasteiger partial charge in [0, 0.05) is 30.1 Å². The van der Waals surface area contributed by atoms with Crippen LogP contribution in [-0.4, -0.2) is 44.1 Å². The highest BCUT2D eigenvalue weighted by atomic mass is 35.5. The van der Waals surface area contributed by atoms with Gasteiger partial charge < -0.3 is 15.8 Å². The molecular weight excluding hydrogens is 397 g/mol. The maximum atomic E-state index is 12.6. The fraction of sp³-hybridized carbons (Fsp3) is 0.381. The van der Waals surface area contributed by atoms with Crippen LogP contribution in [0.4, 0.5) is 5.69 Å². The van der Waals surface area contributed by atoms with Gasteiger partial charge in [-0.1, -0.05) is 41.9 Å². The number of carbonyl (C=O) groups is 1. The van der Waals surface area contributed by atoms with Gasteiger partial charge in [-0.3, -0.25) is 9.69 Å². The Morgan fingerprint density at radius 3 is 2.64 bits per heavy atom. The van der Waals surface area contributed by atoms with Crippen LogP contribution in [-0.2, 0) is 4.79 Å². The van der Waals surface area contributed by atoms with Gasteiger partial charge in [0.25, 0.3) is 0 Å². The first-order valence-corrected chi connectivity index (χ1v) is 9.51. The zero-order chi connectivity index (χ0) is 19.4. The molecule has 1 heterocycles. The molecule has 3 N–H and O–H groups in total. The van der Waals surface area contributed by atoms with Crippen molar-refractivity contribution >= 4 is 35.6 Å². The summed E-state index contributed by atoms with van der Waals surface area (Å²) in [7, 11) is 1.56. The van der Waals surface area contributed by atoms with Gasteiger partial charge in [-0.05, 0) is 36.6 Å². The second-order valence-electron chi connectivity index (χ2n) is 7.06. The number of carbonyl (C=O) groups excluding carboxylic acids is 1. The Balaban J connectivity index is 0.00000280. The number of anilines is 1. The van der Waals surface area contributed by atoms with Crippen LogP contribution in [0.25, 0.3) is 0 Å². The minimum absolute atomic E-state index is 0. The Morgan fingerprint density at radius 2 is 2.00 bits per heavy atom. The molecule has 28 heavy (non-hydrogen) atoms. The number of halogens is 2. The molecule has 1 fully saturated rings. The zero-order valence-electron chi connectivity index (χ0n) is 16.2. The average Bonchev–Trinajstić information content (AvgIpc) is 3.08. The van der Waals surface area contributed by atoms with E-state index < -0.39 is 0 Å². The van der Waals surface area contributed by atoms with E-state index >= 15 is 0 Å². The van der Waals surface area contributed by atoms with Crippen molar-refractivity contribution in [3.05, 3.63) is 58.6 Å². The Morgan fingerprint density at radius 1 is 1.29 bits per heavy atom. The Bertz CT molecular complexity index is 802. The average molecular weight is 424 g/mol. The normalized spacial score (nSPS) is 19.1. The summed E-state index contributed by atoms with van der Waals surface area (Å²) in [5, 5.41) is 3.56. The molecule has 2 atom stereocenters. The largest absolute Gasteiger partial charge is 0.495 e. The van der Waals surface area contributed by atoms with Crippen LogP contribution < -0.4 is 15.8 Å². The van der Waals surface area contributed by atoms with Crippen molar-refractivity contribution in [2.45, 2.75) is 12.8 Å². The van der Waals surface area contributed by atoms with Crippen molar-refractivity contribution in [1.82, 2.24) is 4.90 Å². The molecule has 0 radical (unpaired) electrons. The lowest BCUT2D eigenvalue weighted by Crippen LogP contribution is -2.32. The van der Waals surface area contributed by atoms with Gasteiger partial charge in [0.2, 0.25) is 5.91 Å². The van der Waals surface area contributed by atoms with Crippen molar-refractivity contribution < 1.29 is 9.53 Å². The van der Waals surface area contributed by atoms with E-state index in [9.17, 15) is 4.79 Å².